The maximum Gasteiger partial charge on any atom is 0.240 e. The minimum atomic E-state index is -3.91. The molecule has 1 aromatic carbocycles. The van der Waals surface area contributed by atoms with Crippen LogP contribution in [0.15, 0.2) is 17.0 Å². The van der Waals surface area contributed by atoms with Crippen molar-refractivity contribution in [2.75, 3.05) is 40.2 Å². The van der Waals surface area contributed by atoms with Crippen molar-refractivity contribution in [3.8, 4) is 5.75 Å². The maximum absolute atomic E-state index is 13.7. The van der Waals surface area contributed by atoms with Gasteiger partial charge in [-0.1, -0.05) is 0 Å². The zero-order valence-corrected chi connectivity index (χ0v) is 12.9. The number of hydrogen-bond acceptors (Lipinski definition) is 6. The summed E-state index contributed by atoms with van der Waals surface area (Å²) >= 11 is 0. The average molecular weight is 322 g/mol. The summed E-state index contributed by atoms with van der Waals surface area (Å²) in [5.74, 6) is -1.04. The van der Waals surface area contributed by atoms with Crippen LogP contribution >= 0.6 is 0 Å². The second-order valence-corrected chi connectivity index (χ2v) is 5.96. The molecule has 0 spiro atoms. The third-order valence-corrected chi connectivity index (χ3v) is 4.15. The van der Waals surface area contributed by atoms with Crippen LogP contribution in [0.1, 0.15) is 0 Å². The Bertz CT molecular complexity index is 556. The molecule has 0 fully saturated rings. The molecule has 3 N–H and O–H groups in total. The standard InChI is InChI=1S/C12H19FN2O5S/c1-18-7-8(19-2)6-15-21(16,17)9-4-10(13)12(20-3)11(14)5-9/h4-5,8,15H,6-7,14H2,1-3H3. The first-order valence-electron chi connectivity index (χ1n) is 6.00. The summed E-state index contributed by atoms with van der Waals surface area (Å²) in [6.07, 6.45) is -0.454. The van der Waals surface area contributed by atoms with Gasteiger partial charge in [0.25, 0.3) is 0 Å². The number of nitrogens with one attached hydrogen (secondary N) is 1. The minimum absolute atomic E-state index is 0.0137. The van der Waals surface area contributed by atoms with Crippen molar-refractivity contribution in [3.05, 3.63) is 17.9 Å². The first kappa shape index (κ1) is 17.6. The molecule has 9 heteroatoms. The second kappa shape index (κ2) is 7.55. The molecule has 0 heterocycles. The molecule has 21 heavy (non-hydrogen) atoms. The van der Waals surface area contributed by atoms with E-state index in [0.717, 1.165) is 12.1 Å². The Balaban J connectivity index is 2.93. The molecule has 1 unspecified atom stereocenters. The quantitative estimate of drug-likeness (QED) is 0.670. The van der Waals surface area contributed by atoms with Crippen molar-refractivity contribution in [1.82, 2.24) is 4.72 Å². The Morgan fingerprint density at radius 2 is 2.00 bits per heavy atom. The SMILES string of the molecule is COCC(CNS(=O)(=O)c1cc(N)c(OC)c(F)c1)OC. The van der Waals surface area contributed by atoms with E-state index in [1.807, 2.05) is 0 Å². The van der Waals surface area contributed by atoms with Gasteiger partial charge in [0, 0.05) is 20.8 Å². The van der Waals surface area contributed by atoms with E-state index < -0.39 is 21.9 Å². The van der Waals surface area contributed by atoms with E-state index in [0.29, 0.717) is 0 Å². The smallest absolute Gasteiger partial charge is 0.240 e. The van der Waals surface area contributed by atoms with E-state index in [-0.39, 0.29) is 29.5 Å². The lowest BCUT2D eigenvalue weighted by atomic mass is 10.3. The monoisotopic (exact) mass is 322 g/mol. The van der Waals surface area contributed by atoms with E-state index in [1.54, 1.807) is 0 Å². The van der Waals surface area contributed by atoms with Crippen molar-refractivity contribution in [1.29, 1.82) is 0 Å². The Morgan fingerprint density at radius 1 is 1.33 bits per heavy atom. The number of ether oxygens (including phenoxy) is 3. The highest BCUT2D eigenvalue weighted by Crippen LogP contribution is 2.28. The largest absolute Gasteiger partial charge is 0.492 e. The van der Waals surface area contributed by atoms with Crippen LogP contribution in [-0.4, -0.2) is 49.0 Å². The predicted octanol–water partition coefficient (Wildman–Crippen LogP) is 0.356. The number of hydrogen-bond donors (Lipinski definition) is 2. The summed E-state index contributed by atoms with van der Waals surface area (Å²) < 4.78 is 54.8. The van der Waals surface area contributed by atoms with E-state index in [1.165, 1.54) is 21.3 Å². The van der Waals surface area contributed by atoms with Crippen LogP contribution in [-0.2, 0) is 19.5 Å². The van der Waals surface area contributed by atoms with Crippen LogP contribution in [0.2, 0.25) is 0 Å². The van der Waals surface area contributed by atoms with Crippen molar-refractivity contribution < 1.29 is 27.0 Å². The first-order valence-corrected chi connectivity index (χ1v) is 7.48. The highest BCUT2D eigenvalue weighted by Gasteiger charge is 2.20. The van der Waals surface area contributed by atoms with Gasteiger partial charge in [0.2, 0.25) is 10.0 Å². The third-order valence-electron chi connectivity index (χ3n) is 2.75. The van der Waals surface area contributed by atoms with Gasteiger partial charge in [-0.2, -0.15) is 0 Å². The summed E-state index contributed by atoms with van der Waals surface area (Å²) in [4.78, 5) is -0.287. The lowest BCUT2D eigenvalue weighted by Gasteiger charge is -2.15. The third kappa shape index (κ3) is 4.53. The van der Waals surface area contributed by atoms with Gasteiger partial charge < -0.3 is 19.9 Å². The Hall–Kier alpha value is -1.42. The van der Waals surface area contributed by atoms with E-state index in [9.17, 15) is 12.8 Å². The number of nitrogen functional groups attached to an aromatic ring is 1. The van der Waals surface area contributed by atoms with Crippen LogP contribution in [0, 0.1) is 5.82 Å². The molecule has 0 aliphatic carbocycles. The number of benzene rings is 1. The summed E-state index contributed by atoms with van der Waals surface area (Å²) in [6, 6.07) is 1.97. The molecule has 0 saturated heterocycles. The zero-order chi connectivity index (χ0) is 16.0. The Kier molecular flexibility index (Phi) is 6.34. The molecule has 0 amide bonds. The normalized spacial score (nSPS) is 13.1. The fourth-order valence-corrected chi connectivity index (χ4v) is 2.75. The Morgan fingerprint density at radius 3 is 2.48 bits per heavy atom. The van der Waals surface area contributed by atoms with Crippen LogP contribution in [0.4, 0.5) is 10.1 Å². The molecule has 7 nitrogen and oxygen atoms in total. The fraction of sp³-hybridized carbons (Fsp3) is 0.500. The highest BCUT2D eigenvalue weighted by atomic mass is 32.2. The maximum atomic E-state index is 13.7. The van der Waals surface area contributed by atoms with Crippen molar-refractivity contribution >= 4 is 15.7 Å². The number of nitrogens with two attached hydrogens (primary N) is 1. The van der Waals surface area contributed by atoms with E-state index in [4.69, 9.17) is 19.9 Å². The molecule has 0 bridgehead atoms. The predicted molar refractivity (Wildman–Crippen MR) is 75.2 cm³/mol. The summed E-state index contributed by atoms with van der Waals surface area (Å²) in [5.41, 5.74) is 5.46. The average Bonchev–Trinajstić information content (AvgIpc) is 2.43. The summed E-state index contributed by atoms with van der Waals surface area (Å²) in [7, 11) is 0.236. The molecule has 0 aliphatic rings. The number of methoxy groups -OCH3 is 3. The lowest BCUT2D eigenvalue weighted by molar-refractivity contribution is 0.0320. The van der Waals surface area contributed by atoms with Gasteiger partial charge in [0.15, 0.2) is 11.6 Å². The molecular formula is C12H19FN2O5S. The zero-order valence-electron chi connectivity index (χ0n) is 12.1. The van der Waals surface area contributed by atoms with Gasteiger partial charge in [-0.25, -0.2) is 17.5 Å². The van der Waals surface area contributed by atoms with E-state index >= 15 is 0 Å². The number of rotatable bonds is 8. The first-order chi connectivity index (χ1) is 9.85. The second-order valence-electron chi connectivity index (χ2n) is 4.19. The van der Waals surface area contributed by atoms with Crippen LogP contribution in [0.25, 0.3) is 0 Å². The molecule has 0 aromatic heterocycles. The Labute approximate surface area is 123 Å². The molecule has 0 radical (unpaired) electrons. The van der Waals surface area contributed by atoms with Gasteiger partial charge in [-0.05, 0) is 12.1 Å². The summed E-state index contributed by atoms with van der Waals surface area (Å²) in [5, 5.41) is 0. The molecule has 0 aliphatic heterocycles. The highest BCUT2D eigenvalue weighted by molar-refractivity contribution is 7.89. The molecule has 1 aromatic rings. The van der Waals surface area contributed by atoms with Crippen molar-refractivity contribution in [3.63, 3.8) is 0 Å². The van der Waals surface area contributed by atoms with Gasteiger partial charge in [-0.15, -0.1) is 0 Å². The van der Waals surface area contributed by atoms with Gasteiger partial charge in [0.05, 0.1) is 30.4 Å². The number of anilines is 1. The molecular weight excluding hydrogens is 303 g/mol. The molecule has 1 rings (SSSR count). The van der Waals surface area contributed by atoms with E-state index in [2.05, 4.69) is 4.72 Å². The van der Waals surface area contributed by atoms with Gasteiger partial charge in [-0.3, -0.25) is 0 Å². The van der Waals surface area contributed by atoms with Crippen LogP contribution in [0.3, 0.4) is 0 Å². The van der Waals surface area contributed by atoms with Crippen LogP contribution < -0.4 is 15.2 Å². The van der Waals surface area contributed by atoms with Gasteiger partial charge in [0.1, 0.15) is 0 Å². The number of halogens is 1. The molecule has 120 valence electrons. The topological polar surface area (TPSA) is 99.9 Å². The van der Waals surface area contributed by atoms with Crippen molar-refractivity contribution in [2.24, 2.45) is 0 Å². The molecule has 0 saturated carbocycles. The number of sulfonamides is 1. The van der Waals surface area contributed by atoms with Crippen LogP contribution in [0.5, 0.6) is 5.75 Å². The van der Waals surface area contributed by atoms with Crippen molar-refractivity contribution in [2.45, 2.75) is 11.0 Å². The lowest BCUT2D eigenvalue weighted by Crippen LogP contribution is -2.35. The molecule has 1 atom stereocenters. The summed E-state index contributed by atoms with van der Waals surface area (Å²) in [6.45, 7) is 0.207. The van der Waals surface area contributed by atoms with Gasteiger partial charge >= 0.3 is 0 Å². The fourth-order valence-electron chi connectivity index (χ4n) is 1.64. The minimum Gasteiger partial charge on any atom is -0.492 e.